The summed E-state index contributed by atoms with van der Waals surface area (Å²) in [5.41, 5.74) is 1.84. The Balaban J connectivity index is 2.02. The standard InChI is InChI=1S/C22H25BrF2N2O2/c1-4-8-27-13(3)18(12(2)19(23)22(27)29)21(28)26-20(14-6-5-7-14)15-9-16(24)11-17(25)10-15/h9-11,14,20H,4-8H2,1-3H3,(H,26,28)/t20-/m0/s1. The van der Waals surface area contributed by atoms with Crippen LogP contribution in [-0.2, 0) is 6.54 Å². The molecule has 1 aromatic carbocycles. The molecule has 1 aliphatic carbocycles. The number of pyridine rings is 1. The predicted octanol–water partition coefficient (Wildman–Crippen LogP) is 5.19. The van der Waals surface area contributed by atoms with Crippen LogP contribution in [0.2, 0.25) is 0 Å². The molecule has 2 aromatic rings. The van der Waals surface area contributed by atoms with Gasteiger partial charge in [0.2, 0.25) is 0 Å². The largest absolute Gasteiger partial charge is 0.345 e. The van der Waals surface area contributed by atoms with Gasteiger partial charge in [-0.2, -0.15) is 0 Å². The van der Waals surface area contributed by atoms with Crippen LogP contribution in [0.3, 0.4) is 0 Å². The highest BCUT2D eigenvalue weighted by Gasteiger charge is 2.32. The molecule has 0 unspecified atom stereocenters. The summed E-state index contributed by atoms with van der Waals surface area (Å²) in [5.74, 6) is -1.53. The average molecular weight is 467 g/mol. The molecule has 1 fully saturated rings. The highest BCUT2D eigenvalue weighted by Crippen LogP contribution is 2.38. The second kappa shape index (κ2) is 8.78. The summed E-state index contributed by atoms with van der Waals surface area (Å²) in [6.45, 7) is 5.95. The number of nitrogens with zero attached hydrogens (tertiary/aromatic N) is 1. The van der Waals surface area contributed by atoms with E-state index in [1.165, 1.54) is 12.1 Å². The molecule has 1 aliphatic rings. The van der Waals surface area contributed by atoms with Gasteiger partial charge in [0.25, 0.3) is 11.5 Å². The van der Waals surface area contributed by atoms with E-state index in [2.05, 4.69) is 21.2 Å². The van der Waals surface area contributed by atoms with Crippen LogP contribution in [0.4, 0.5) is 8.78 Å². The number of rotatable bonds is 6. The zero-order valence-corrected chi connectivity index (χ0v) is 18.4. The molecule has 156 valence electrons. The molecule has 0 bridgehead atoms. The lowest BCUT2D eigenvalue weighted by atomic mass is 9.77. The van der Waals surface area contributed by atoms with E-state index >= 15 is 0 Å². The van der Waals surface area contributed by atoms with Gasteiger partial charge in [-0.05, 0) is 78.2 Å². The summed E-state index contributed by atoms with van der Waals surface area (Å²) < 4.78 is 29.6. The number of nitrogens with one attached hydrogen (secondary N) is 1. The number of carbonyl (C=O) groups excluding carboxylic acids is 1. The predicted molar refractivity (Wildman–Crippen MR) is 112 cm³/mol. The van der Waals surface area contributed by atoms with E-state index in [9.17, 15) is 18.4 Å². The van der Waals surface area contributed by atoms with Gasteiger partial charge in [0.15, 0.2) is 0 Å². The van der Waals surface area contributed by atoms with Crippen molar-refractivity contribution in [1.29, 1.82) is 0 Å². The Labute approximate surface area is 177 Å². The molecular formula is C22H25BrF2N2O2. The second-order valence-electron chi connectivity index (χ2n) is 7.70. The fourth-order valence-corrected chi connectivity index (χ4v) is 4.40. The monoisotopic (exact) mass is 466 g/mol. The summed E-state index contributed by atoms with van der Waals surface area (Å²) in [4.78, 5) is 25.8. The molecule has 1 N–H and O–H groups in total. The highest BCUT2D eigenvalue weighted by molar-refractivity contribution is 9.10. The van der Waals surface area contributed by atoms with Gasteiger partial charge in [-0.25, -0.2) is 8.78 Å². The molecule has 3 rings (SSSR count). The summed E-state index contributed by atoms with van der Waals surface area (Å²) in [5, 5.41) is 3.00. The van der Waals surface area contributed by atoms with Crippen LogP contribution in [-0.4, -0.2) is 10.5 Å². The normalized spacial score (nSPS) is 15.1. The number of benzene rings is 1. The van der Waals surface area contributed by atoms with Crippen LogP contribution in [0.25, 0.3) is 0 Å². The SMILES string of the molecule is CCCn1c(C)c(C(=O)N[C@H](c2cc(F)cc(F)c2)C2CCC2)c(C)c(Br)c1=O. The first kappa shape index (κ1) is 21.7. The maximum absolute atomic E-state index is 13.8. The summed E-state index contributed by atoms with van der Waals surface area (Å²) >= 11 is 3.32. The van der Waals surface area contributed by atoms with Gasteiger partial charge in [0.05, 0.1) is 16.1 Å². The van der Waals surface area contributed by atoms with Gasteiger partial charge in [0, 0.05) is 18.3 Å². The molecule has 0 radical (unpaired) electrons. The van der Waals surface area contributed by atoms with E-state index in [4.69, 9.17) is 0 Å². The minimum absolute atomic E-state index is 0.130. The average Bonchev–Trinajstić information content (AvgIpc) is 2.61. The van der Waals surface area contributed by atoms with Gasteiger partial charge >= 0.3 is 0 Å². The molecule has 1 atom stereocenters. The van der Waals surface area contributed by atoms with Crippen molar-refractivity contribution in [3.8, 4) is 0 Å². The Hall–Kier alpha value is -2.02. The first-order valence-corrected chi connectivity index (χ1v) is 10.7. The van der Waals surface area contributed by atoms with Crippen LogP contribution in [0.5, 0.6) is 0 Å². The lowest BCUT2D eigenvalue weighted by Crippen LogP contribution is -2.38. The van der Waals surface area contributed by atoms with E-state index in [-0.39, 0.29) is 17.4 Å². The minimum atomic E-state index is -0.662. The van der Waals surface area contributed by atoms with Crippen LogP contribution >= 0.6 is 15.9 Å². The summed E-state index contributed by atoms with van der Waals surface area (Å²) in [6, 6.07) is 2.90. The van der Waals surface area contributed by atoms with Crippen molar-refractivity contribution in [3.05, 3.63) is 67.0 Å². The first-order valence-electron chi connectivity index (χ1n) is 9.90. The van der Waals surface area contributed by atoms with Crippen molar-refractivity contribution in [2.75, 3.05) is 0 Å². The number of halogens is 3. The van der Waals surface area contributed by atoms with Crippen molar-refractivity contribution in [3.63, 3.8) is 0 Å². The van der Waals surface area contributed by atoms with Crippen LogP contribution in [0, 0.1) is 31.4 Å². The van der Waals surface area contributed by atoms with Crippen LogP contribution < -0.4 is 10.9 Å². The van der Waals surface area contributed by atoms with Gasteiger partial charge in [-0.3, -0.25) is 9.59 Å². The Morgan fingerprint density at radius 2 is 1.86 bits per heavy atom. The molecule has 1 heterocycles. The number of amides is 1. The van der Waals surface area contributed by atoms with Crippen LogP contribution in [0.15, 0.2) is 27.5 Å². The Morgan fingerprint density at radius 1 is 1.24 bits per heavy atom. The Morgan fingerprint density at radius 3 is 2.38 bits per heavy atom. The summed E-state index contributed by atoms with van der Waals surface area (Å²) in [7, 11) is 0. The topological polar surface area (TPSA) is 51.1 Å². The van der Waals surface area contributed by atoms with Gasteiger partial charge < -0.3 is 9.88 Å². The third kappa shape index (κ3) is 4.29. The fourth-order valence-electron chi connectivity index (χ4n) is 3.99. The molecular weight excluding hydrogens is 442 g/mol. The lowest BCUT2D eigenvalue weighted by molar-refractivity contribution is 0.0897. The van der Waals surface area contributed by atoms with E-state index in [0.717, 1.165) is 31.7 Å². The molecule has 1 saturated carbocycles. The lowest BCUT2D eigenvalue weighted by Gasteiger charge is -2.35. The third-order valence-electron chi connectivity index (χ3n) is 5.73. The van der Waals surface area contributed by atoms with Gasteiger partial charge in [-0.1, -0.05) is 13.3 Å². The van der Waals surface area contributed by atoms with E-state index < -0.39 is 17.7 Å². The van der Waals surface area contributed by atoms with Crippen molar-refractivity contribution < 1.29 is 13.6 Å². The molecule has 0 spiro atoms. The number of hydrogen-bond donors (Lipinski definition) is 1. The van der Waals surface area contributed by atoms with Crippen LogP contribution in [0.1, 0.15) is 65.8 Å². The zero-order chi connectivity index (χ0) is 21.3. The van der Waals surface area contributed by atoms with Gasteiger partial charge in [0.1, 0.15) is 11.6 Å². The highest BCUT2D eigenvalue weighted by atomic mass is 79.9. The molecule has 29 heavy (non-hydrogen) atoms. The fraction of sp³-hybridized carbons (Fsp3) is 0.455. The molecule has 0 aliphatic heterocycles. The molecule has 0 saturated heterocycles. The zero-order valence-electron chi connectivity index (χ0n) is 16.8. The smallest absolute Gasteiger partial charge is 0.265 e. The molecule has 7 heteroatoms. The van der Waals surface area contributed by atoms with E-state index in [1.807, 2.05) is 6.92 Å². The first-order chi connectivity index (χ1) is 13.7. The Kier molecular flexibility index (Phi) is 6.56. The number of hydrogen-bond acceptors (Lipinski definition) is 2. The number of aromatic nitrogens is 1. The van der Waals surface area contributed by atoms with E-state index in [1.54, 1.807) is 18.4 Å². The van der Waals surface area contributed by atoms with Crippen molar-refractivity contribution >= 4 is 21.8 Å². The molecule has 4 nitrogen and oxygen atoms in total. The second-order valence-corrected chi connectivity index (χ2v) is 8.49. The minimum Gasteiger partial charge on any atom is -0.345 e. The maximum atomic E-state index is 13.8. The number of carbonyl (C=O) groups is 1. The molecule has 1 amide bonds. The maximum Gasteiger partial charge on any atom is 0.265 e. The summed E-state index contributed by atoms with van der Waals surface area (Å²) in [6.07, 6.45) is 3.56. The Bertz CT molecular complexity index is 979. The third-order valence-corrected chi connectivity index (χ3v) is 6.66. The van der Waals surface area contributed by atoms with E-state index in [0.29, 0.717) is 33.4 Å². The molecule has 1 aromatic heterocycles. The van der Waals surface area contributed by atoms with Gasteiger partial charge in [-0.15, -0.1) is 0 Å². The van der Waals surface area contributed by atoms with Crippen molar-refractivity contribution in [2.24, 2.45) is 5.92 Å². The quantitative estimate of drug-likeness (QED) is 0.636. The van der Waals surface area contributed by atoms with Crippen molar-refractivity contribution in [1.82, 2.24) is 9.88 Å². The van der Waals surface area contributed by atoms with Crippen molar-refractivity contribution in [2.45, 2.75) is 59.0 Å².